The van der Waals surface area contributed by atoms with Crippen LogP contribution in [0.25, 0.3) is 0 Å². The van der Waals surface area contributed by atoms with Gasteiger partial charge in [-0.05, 0) is 29.9 Å². The largest absolute Gasteiger partial charge is 0.190 e. The van der Waals surface area contributed by atoms with Gasteiger partial charge in [-0.15, -0.1) is 0 Å². The summed E-state index contributed by atoms with van der Waals surface area (Å²) in [5, 5.41) is 8.81. The van der Waals surface area contributed by atoms with Crippen LogP contribution in [0.2, 0.25) is 0 Å². The topological polar surface area (TPSA) is 24.7 Å². The summed E-state index contributed by atoms with van der Waals surface area (Å²) in [4.78, 5) is 0. The van der Waals surface area contributed by atoms with Gasteiger partial charge in [0.2, 0.25) is 0 Å². The first-order chi connectivity index (χ1) is 6.93. The third kappa shape index (κ3) is 0.692. The predicted molar refractivity (Wildman–Crippen MR) is 53.6 cm³/mol. The number of azo groups is 1. The van der Waals surface area contributed by atoms with E-state index in [-0.39, 0.29) is 0 Å². The molecule has 70 valence electrons. The van der Waals surface area contributed by atoms with Crippen molar-refractivity contribution in [1.82, 2.24) is 0 Å². The molecule has 4 aliphatic rings. The number of benzene rings is 1. The Morgan fingerprint density at radius 3 is 2.29 bits per heavy atom. The van der Waals surface area contributed by atoms with Gasteiger partial charge in [-0.25, -0.2) is 0 Å². The Morgan fingerprint density at radius 1 is 0.929 bits per heavy atom. The first-order valence-electron chi connectivity index (χ1n) is 5.42. The van der Waals surface area contributed by atoms with Gasteiger partial charge in [0, 0.05) is 5.92 Å². The van der Waals surface area contributed by atoms with Crippen molar-refractivity contribution >= 4 is 0 Å². The molecule has 1 aliphatic heterocycles. The minimum Gasteiger partial charge on any atom is -0.190 e. The first kappa shape index (κ1) is 7.16. The zero-order chi connectivity index (χ0) is 9.12. The Kier molecular flexibility index (Phi) is 1.15. The van der Waals surface area contributed by atoms with Gasteiger partial charge in [-0.1, -0.05) is 24.3 Å². The SMILES string of the molecule is c1ccc2c(c1)C1CC3N=NC(C1)C23. The Morgan fingerprint density at radius 2 is 1.57 bits per heavy atom. The molecule has 1 aromatic carbocycles. The summed E-state index contributed by atoms with van der Waals surface area (Å²) < 4.78 is 0. The van der Waals surface area contributed by atoms with Gasteiger partial charge < -0.3 is 0 Å². The Balaban J connectivity index is 1.97. The molecule has 1 fully saturated rings. The predicted octanol–water partition coefficient (Wildman–Crippen LogP) is 2.86. The standard InChI is InChI=1S/C12H12N2/c1-2-4-9-8(3-1)7-5-10-12(9)11(6-7)14-13-10/h1-4,7,10-12H,5-6H2. The van der Waals surface area contributed by atoms with E-state index in [2.05, 4.69) is 34.5 Å². The normalized spacial score (nSPS) is 41.4. The molecule has 2 unspecified atom stereocenters. The lowest BCUT2D eigenvalue weighted by atomic mass is 9.63. The number of rotatable bonds is 0. The molecule has 4 bridgehead atoms. The molecule has 1 aromatic rings. The number of hydrogen-bond donors (Lipinski definition) is 0. The maximum Gasteiger partial charge on any atom is 0.0803 e. The molecule has 3 aliphatic carbocycles. The highest BCUT2D eigenvalue weighted by molar-refractivity contribution is 5.42. The third-order valence-corrected chi connectivity index (χ3v) is 4.04. The summed E-state index contributed by atoms with van der Waals surface area (Å²) >= 11 is 0. The van der Waals surface area contributed by atoms with Crippen LogP contribution in [0.1, 0.15) is 35.8 Å². The lowest BCUT2D eigenvalue weighted by Gasteiger charge is -2.41. The van der Waals surface area contributed by atoms with Crippen molar-refractivity contribution < 1.29 is 0 Å². The van der Waals surface area contributed by atoms with E-state index in [4.69, 9.17) is 0 Å². The highest BCUT2D eigenvalue weighted by Crippen LogP contribution is 2.54. The van der Waals surface area contributed by atoms with Crippen LogP contribution in [-0.4, -0.2) is 12.1 Å². The van der Waals surface area contributed by atoms with E-state index in [0.717, 1.165) is 5.92 Å². The summed E-state index contributed by atoms with van der Waals surface area (Å²) in [6.07, 6.45) is 2.48. The van der Waals surface area contributed by atoms with E-state index in [1.165, 1.54) is 18.4 Å². The minimum absolute atomic E-state index is 0.508. The quantitative estimate of drug-likeness (QED) is 0.592. The molecule has 14 heavy (non-hydrogen) atoms. The van der Waals surface area contributed by atoms with Gasteiger partial charge in [0.25, 0.3) is 0 Å². The van der Waals surface area contributed by atoms with Gasteiger partial charge in [-0.3, -0.25) is 0 Å². The first-order valence-corrected chi connectivity index (χ1v) is 5.42. The van der Waals surface area contributed by atoms with Crippen LogP contribution in [0, 0.1) is 0 Å². The van der Waals surface area contributed by atoms with Crippen molar-refractivity contribution in [3.05, 3.63) is 35.4 Å². The molecule has 0 radical (unpaired) electrons. The molecule has 5 rings (SSSR count). The van der Waals surface area contributed by atoms with Crippen molar-refractivity contribution in [2.24, 2.45) is 10.2 Å². The molecule has 0 spiro atoms. The van der Waals surface area contributed by atoms with Crippen LogP contribution >= 0.6 is 0 Å². The van der Waals surface area contributed by atoms with Crippen LogP contribution in [0.4, 0.5) is 0 Å². The lowest BCUT2D eigenvalue weighted by Crippen LogP contribution is -2.37. The molecular formula is C12H12N2. The second kappa shape index (κ2) is 2.25. The Labute approximate surface area is 83.1 Å². The molecule has 0 amide bonds. The smallest absolute Gasteiger partial charge is 0.0803 e. The maximum absolute atomic E-state index is 4.40. The monoisotopic (exact) mass is 184 g/mol. The van der Waals surface area contributed by atoms with Gasteiger partial charge in [0.1, 0.15) is 0 Å². The Bertz CT molecular complexity index is 408. The molecule has 1 heterocycles. The van der Waals surface area contributed by atoms with E-state index in [1.54, 1.807) is 5.56 Å². The summed E-state index contributed by atoms with van der Waals surface area (Å²) in [6, 6.07) is 9.91. The van der Waals surface area contributed by atoms with E-state index in [1.807, 2.05) is 0 Å². The van der Waals surface area contributed by atoms with Crippen LogP contribution in [-0.2, 0) is 0 Å². The van der Waals surface area contributed by atoms with Gasteiger partial charge >= 0.3 is 0 Å². The van der Waals surface area contributed by atoms with Crippen molar-refractivity contribution in [2.45, 2.75) is 36.8 Å². The summed E-state index contributed by atoms with van der Waals surface area (Å²) in [5.74, 6) is 1.36. The molecular weight excluding hydrogens is 172 g/mol. The lowest BCUT2D eigenvalue weighted by molar-refractivity contribution is 0.322. The minimum atomic E-state index is 0.508. The second-order valence-corrected chi connectivity index (χ2v) is 4.69. The van der Waals surface area contributed by atoms with E-state index < -0.39 is 0 Å². The van der Waals surface area contributed by atoms with Crippen LogP contribution in [0.3, 0.4) is 0 Å². The molecule has 0 saturated heterocycles. The maximum atomic E-state index is 4.40. The zero-order valence-electron chi connectivity index (χ0n) is 7.93. The summed E-state index contributed by atoms with van der Waals surface area (Å²) in [5.41, 5.74) is 3.12. The third-order valence-electron chi connectivity index (χ3n) is 4.04. The van der Waals surface area contributed by atoms with Crippen LogP contribution in [0.5, 0.6) is 0 Å². The van der Waals surface area contributed by atoms with Crippen LogP contribution < -0.4 is 0 Å². The van der Waals surface area contributed by atoms with Crippen molar-refractivity contribution in [3.8, 4) is 0 Å². The molecule has 0 aromatic heterocycles. The Hall–Kier alpha value is -1.18. The average molecular weight is 184 g/mol. The molecule has 2 atom stereocenters. The zero-order valence-corrected chi connectivity index (χ0v) is 7.93. The molecule has 2 nitrogen and oxygen atoms in total. The molecule has 0 N–H and O–H groups in total. The van der Waals surface area contributed by atoms with Gasteiger partial charge in [0.05, 0.1) is 12.1 Å². The molecule has 1 saturated carbocycles. The van der Waals surface area contributed by atoms with Gasteiger partial charge in [0.15, 0.2) is 0 Å². The highest BCUT2D eigenvalue weighted by atomic mass is 15.2. The summed E-state index contributed by atoms with van der Waals surface area (Å²) in [6.45, 7) is 0. The van der Waals surface area contributed by atoms with E-state index in [9.17, 15) is 0 Å². The van der Waals surface area contributed by atoms with Crippen molar-refractivity contribution in [3.63, 3.8) is 0 Å². The highest BCUT2D eigenvalue weighted by Gasteiger charge is 2.48. The van der Waals surface area contributed by atoms with Crippen molar-refractivity contribution in [2.75, 3.05) is 0 Å². The fourth-order valence-corrected chi connectivity index (χ4v) is 3.49. The average Bonchev–Trinajstić information content (AvgIpc) is 2.55. The van der Waals surface area contributed by atoms with E-state index >= 15 is 0 Å². The second-order valence-electron chi connectivity index (χ2n) is 4.69. The van der Waals surface area contributed by atoms with E-state index in [0.29, 0.717) is 18.0 Å². The number of hydrogen-bond acceptors (Lipinski definition) is 2. The fourth-order valence-electron chi connectivity index (χ4n) is 3.49. The summed E-state index contributed by atoms with van der Waals surface area (Å²) in [7, 11) is 0. The van der Waals surface area contributed by atoms with Crippen LogP contribution in [0.15, 0.2) is 34.5 Å². The molecule has 2 heteroatoms. The van der Waals surface area contributed by atoms with Gasteiger partial charge in [-0.2, -0.15) is 10.2 Å². The fraction of sp³-hybridized carbons (Fsp3) is 0.500. The number of nitrogens with zero attached hydrogens (tertiary/aromatic N) is 2. The van der Waals surface area contributed by atoms with Crippen molar-refractivity contribution in [1.29, 1.82) is 0 Å².